The molecule has 0 bridgehead atoms. The van der Waals surface area contributed by atoms with Gasteiger partial charge in [0.05, 0.1) is 0 Å². The fraction of sp³-hybridized carbons (Fsp3) is 0.125. The molecule has 0 saturated carbocycles. The van der Waals surface area contributed by atoms with Gasteiger partial charge >= 0.3 is 0 Å². The van der Waals surface area contributed by atoms with E-state index < -0.39 is 0 Å². The number of aryl methyl sites for hydroxylation is 1. The zero-order valence-corrected chi connectivity index (χ0v) is 24.1. The number of pyridine rings is 1. The summed E-state index contributed by atoms with van der Waals surface area (Å²) in [6.45, 7) is 9.04. The topological polar surface area (TPSA) is 12.9 Å². The van der Waals surface area contributed by atoms with Crippen molar-refractivity contribution in [3.63, 3.8) is 0 Å². The maximum absolute atomic E-state index is 4.36. The molecule has 198 valence electrons. The van der Waals surface area contributed by atoms with E-state index in [1.165, 1.54) is 76.8 Å². The van der Waals surface area contributed by atoms with Gasteiger partial charge in [0.25, 0.3) is 0 Å². The average Bonchev–Trinajstić information content (AvgIpc) is 2.99. The smallest absolute Gasteiger partial charge is 0.0349 e. The quantitative estimate of drug-likeness (QED) is 0.208. The van der Waals surface area contributed by atoms with Crippen LogP contribution in [0.3, 0.4) is 0 Å². The standard InChI is InChI=1S/C40H33N/c1-26-23-24-41-25-36(26)27-19-21-28(22-20-27)38-32-11-5-7-13-34(32)39(35-14-8-6-12-33(35)38)31-17-9-16-30-29(31)15-10-18-37(30)40(2,3)4/h5-25H,1-4H3. The fourth-order valence-corrected chi connectivity index (χ4v) is 6.49. The Bertz CT molecular complexity index is 2020. The number of hydrogen-bond donors (Lipinski definition) is 0. The molecule has 0 radical (unpaired) electrons. The van der Waals surface area contributed by atoms with Gasteiger partial charge in [-0.2, -0.15) is 0 Å². The first-order chi connectivity index (χ1) is 19.9. The Hall–Kier alpha value is -4.75. The van der Waals surface area contributed by atoms with Gasteiger partial charge in [-0.3, -0.25) is 4.98 Å². The first kappa shape index (κ1) is 25.2. The number of rotatable bonds is 3. The van der Waals surface area contributed by atoms with Gasteiger partial charge in [0.15, 0.2) is 0 Å². The van der Waals surface area contributed by atoms with E-state index in [1.54, 1.807) is 0 Å². The highest BCUT2D eigenvalue weighted by atomic mass is 14.6. The van der Waals surface area contributed by atoms with Gasteiger partial charge in [-0.1, -0.05) is 130 Å². The summed E-state index contributed by atoms with van der Waals surface area (Å²) in [6.07, 6.45) is 3.81. The summed E-state index contributed by atoms with van der Waals surface area (Å²) >= 11 is 0. The predicted octanol–water partition coefficient (Wildman–Crippen LogP) is 11.1. The molecule has 0 atom stereocenters. The van der Waals surface area contributed by atoms with Crippen LogP contribution in [-0.2, 0) is 5.41 Å². The van der Waals surface area contributed by atoms with Gasteiger partial charge in [-0.25, -0.2) is 0 Å². The first-order valence-electron chi connectivity index (χ1n) is 14.4. The van der Waals surface area contributed by atoms with Crippen molar-refractivity contribution in [3.05, 3.63) is 139 Å². The number of hydrogen-bond acceptors (Lipinski definition) is 1. The highest BCUT2D eigenvalue weighted by molar-refractivity contribution is 6.23. The van der Waals surface area contributed by atoms with E-state index in [-0.39, 0.29) is 5.41 Å². The summed E-state index contributed by atoms with van der Waals surface area (Å²) in [5, 5.41) is 7.74. The number of nitrogens with zero attached hydrogens (tertiary/aromatic N) is 1. The lowest BCUT2D eigenvalue weighted by atomic mass is 9.81. The van der Waals surface area contributed by atoms with E-state index in [0.29, 0.717) is 0 Å². The molecule has 0 aliphatic heterocycles. The molecule has 1 heterocycles. The minimum atomic E-state index is 0.0621. The summed E-state index contributed by atoms with van der Waals surface area (Å²) < 4.78 is 0. The monoisotopic (exact) mass is 527 g/mol. The molecule has 0 spiro atoms. The largest absolute Gasteiger partial charge is 0.264 e. The zero-order chi connectivity index (χ0) is 28.1. The summed E-state index contributed by atoms with van der Waals surface area (Å²) in [4.78, 5) is 4.36. The van der Waals surface area contributed by atoms with Gasteiger partial charge in [-0.15, -0.1) is 0 Å². The summed E-state index contributed by atoms with van der Waals surface area (Å²) in [5.41, 5.74) is 10.1. The Kier molecular flexibility index (Phi) is 5.98. The molecular weight excluding hydrogens is 494 g/mol. The molecule has 1 heteroatoms. The lowest BCUT2D eigenvalue weighted by molar-refractivity contribution is 0.596. The van der Waals surface area contributed by atoms with E-state index in [4.69, 9.17) is 0 Å². The molecule has 7 aromatic rings. The molecule has 1 aromatic heterocycles. The Morgan fingerprint density at radius 3 is 1.61 bits per heavy atom. The van der Waals surface area contributed by atoms with Crippen LogP contribution in [0.4, 0.5) is 0 Å². The minimum Gasteiger partial charge on any atom is -0.264 e. The Balaban J connectivity index is 1.52. The van der Waals surface area contributed by atoms with E-state index in [2.05, 4.69) is 148 Å². The van der Waals surface area contributed by atoms with Gasteiger partial charge in [0.1, 0.15) is 0 Å². The van der Waals surface area contributed by atoms with E-state index in [9.17, 15) is 0 Å². The molecular formula is C40H33N. The van der Waals surface area contributed by atoms with Crippen LogP contribution in [0.2, 0.25) is 0 Å². The highest BCUT2D eigenvalue weighted by Gasteiger charge is 2.21. The van der Waals surface area contributed by atoms with Crippen LogP contribution in [-0.4, -0.2) is 4.98 Å². The van der Waals surface area contributed by atoms with Gasteiger partial charge in [0, 0.05) is 18.0 Å². The number of fused-ring (bicyclic) bond motifs is 3. The Labute approximate surface area is 242 Å². The molecule has 1 nitrogen and oxygen atoms in total. The van der Waals surface area contributed by atoms with Gasteiger partial charge < -0.3 is 0 Å². The Morgan fingerprint density at radius 2 is 1.00 bits per heavy atom. The molecule has 0 unspecified atom stereocenters. The second-order valence-corrected chi connectivity index (χ2v) is 12.1. The molecule has 0 N–H and O–H groups in total. The highest BCUT2D eigenvalue weighted by Crippen LogP contribution is 2.46. The summed E-state index contributed by atoms with van der Waals surface area (Å²) in [7, 11) is 0. The lowest BCUT2D eigenvalue weighted by Gasteiger charge is -2.23. The maximum Gasteiger partial charge on any atom is 0.0349 e. The maximum atomic E-state index is 4.36. The van der Waals surface area contributed by atoms with Crippen LogP contribution in [0.5, 0.6) is 0 Å². The first-order valence-corrected chi connectivity index (χ1v) is 14.4. The van der Waals surface area contributed by atoms with Gasteiger partial charge in [0.2, 0.25) is 0 Å². The van der Waals surface area contributed by atoms with E-state index >= 15 is 0 Å². The van der Waals surface area contributed by atoms with Crippen molar-refractivity contribution >= 4 is 32.3 Å². The van der Waals surface area contributed by atoms with E-state index in [1.807, 2.05) is 12.4 Å². The average molecular weight is 528 g/mol. The van der Waals surface area contributed by atoms with Crippen molar-refractivity contribution in [1.29, 1.82) is 0 Å². The van der Waals surface area contributed by atoms with Crippen molar-refractivity contribution in [2.45, 2.75) is 33.1 Å². The molecule has 0 amide bonds. The van der Waals surface area contributed by atoms with Crippen molar-refractivity contribution in [2.24, 2.45) is 0 Å². The molecule has 6 aromatic carbocycles. The van der Waals surface area contributed by atoms with Crippen LogP contribution < -0.4 is 0 Å². The molecule has 41 heavy (non-hydrogen) atoms. The number of aromatic nitrogens is 1. The van der Waals surface area contributed by atoms with Crippen molar-refractivity contribution in [1.82, 2.24) is 4.98 Å². The van der Waals surface area contributed by atoms with Crippen molar-refractivity contribution in [2.75, 3.05) is 0 Å². The third kappa shape index (κ3) is 4.21. The van der Waals surface area contributed by atoms with Crippen LogP contribution >= 0.6 is 0 Å². The second kappa shape index (κ2) is 9.71. The SMILES string of the molecule is Cc1ccncc1-c1ccc(-c2c3ccccc3c(-c3cccc4c(C(C)(C)C)cccc34)c3ccccc23)cc1. The number of benzene rings is 6. The summed E-state index contributed by atoms with van der Waals surface area (Å²) in [6, 6.07) is 42.5. The normalized spacial score (nSPS) is 11.9. The lowest BCUT2D eigenvalue weighted by Crippen LogP contribution is -2.11. The molecule has 7 rings (SSSR count). The molecule has 0 saturated heterocycles. The van der Waals surface area contributed by atoms with E-state index in [0.717, 1.165) is 0 Å². The second-order valence-electron chi connectivity index (χ2n) is 12.1. The van der Waals surface area contributed by atoms with Crippen molar-refractivity contribution < 1.29 is 0 Å². The van der Waals surface area contributed by atoms with Crippen molar-refractivity contribution in [3.8, 4) is 33.4 Å². The van der Waals surface area contributed by atoms with Crippen LogP contribution in [0.1, 0.15) is 31.9 Å². The zero-order valence-electron chi connectivity index (χ0n) is 24.1. The third-order valence-electron chi connectivity index (χ3n) is 8.45. The molecule has 0 aliphatic carbocycles. The molecule has 0 fully saturated rings. The molecule has 0 aliphatic rings. The van der Waals surface area contributed by atoms with Crippen LogP contribution in [0.15, 0.2) is 128 Å². The van der Waals surface area contributed by atoms with Gasteiger partial charge in [-0.05, 0) is 89.7 Å². The van der Waals surface area contributed by atoms with Crippen LogP contribution in [0, 0.1) is 6.92 Å². The predicted molar refractivity (Wildman–Crippen MR) is 176 cm³/mol. The van der Waals surface area contributed by atoms with Crippen LogP contribution in [0.25, 0.3) is 65.7 Å². The Morgan fingerprint density at radius 1 is 0.463 bits per heavy atom. The summed E-state index contributed by atoms with van der Waals surface area (Å²) in [5.74, 6) is 0. The minimum absolute atomic E-state index is 0.0621. The fourth-order valence-electron chi connectivity index (χ4n) is 6.49. The third-order valence-corrected chi connectivity index (χ3v) is 8.45.